The van der Waals surface area contributed by atoms with E-state index in [1.807, 2.05) is 4.90 Å². The summed E-state index contributed by atoms with van der Waals surface area (Å²) in [5.74, 6) is 4.84. The number of halogens is 1. The fraction of sp³-hybridized carbons (Fsp3) is 0.611. The molecule has 8 nitrogen and oxygen atoms in total. The lowest BCUT2D eigenvalue weighted by Gasteiger charge is -2.21. The number of carbonyl (C=O) groups excluding carboxylic acids is 1. The molecule has 0 aliphatic carbocycles. The molecule has 1 aliphatic heterocycles. The third-order valence-electron chi connectivity index (χ3n) is 3.95. The van der Waals surface area contributed by atoms with Crippen molar-refractivity contribution in [3.63, 3.8) is 0 Å². The monoisotopic (exact) mass is 446 g/mol. The Morgan fingerprint density at radius 2 is 2.17 bits per heavy atom. The molecule has 1 atom stereocenters. The van der Waals surface area contributed by atoms with E-state index in [4.69, 9.17) is 4.74 Å². The number of nitrogens with one attached hydrogen (secondary N) is 1. The largest absolute Gasteiger partial charge is 0.462 e. The van der Waals surface area contributed by atoms with Crippen LogP contribution < -0.4 is 14.7 Å². The summed E-state index contributed by atoms with van der Waals surface area (Å²) in [6.07, 6.45) is 3.96. The predicted octanol–water partition coefficient (Wildman–Crippen LogP) is 3.49. The molecule has 1 fully saturated rings. The molecule has 1 aliphatic rings. The van der Waals surface area contributed by atoms with E-state index in [0.717, 1.165) is 30.9 Å². The molecular formula is C18H28FN4O4PS. The zero-order chi connectivity index (χ0) is 22.1. The maximum atomic E-state index is 14.3. The minimum Gasteiger partial charge on any atom is -0.462 e. The SMILES string of the molecule is CC#CCOc1ncnc(N2CCC(C)(C)C2)c1F.COP(=O)(NC(C)=O)SC. The molecule has 0 aromatic carbocycles. The molecule has 1 unspecified atom stereocenters. The van der Waals surface area contributed by atoms with Crippen molar-refractivity contribution in [1.29, 1.82) is 0 Å². The van der Waals surface area contributed by atoms with E-state index in [-0.39, 0.29) is 23.8 Å². The van der Waals surface area contributed by atoms with Crippen molar-refractivity contribution >= 4 is 29.8 Å². The summed E-state index contributed by atoms with van der Waals surface area (Å²) in [5, 5.41) is 2.21. The fourth-order valence-corrected chi connectivity index (χ4v) is 4.32. The first-order valence-electron chi connectivity index (χ1n) is 8.85. The second-order valence-corrected chi connectivity index (χ2v) is 11.4. The highest BCUT2D eigenvalue weighted by Crippen LogP contribution is 2.53. The van der Waals surface area contributed by atoms with Gasteiger partial charge in [0.1, 0.15) is 6.33 Å². The van der Waals surface area contributed by atoms with Crippen molar-refractivity contribution in [2.75, 3.05) is 38.0 Å². The van der Waals surface area contributed by atoms with Gasteiger partial charge >= 0.3 is 6.72 Å². The molecular weight excluding hydrogens is 418 g/mol. The molecule has 1 saturated heterocycles. The quantitative estimate of drug-likeness (QED) is 0.524. The van der Waals surface area contributed by atoms with E-state index in [1.54, 1.807) is 13.2 Å². The van der Waals surface area contributed by atoms with Gasteiger partial charge in [-0.05, 0) is 25.0 Å². The first kappa shape index (κ1) is 25.2. The minimum atomic E-state index is -2.92. The number of hydrogen-bond acceptors (Lipinski definition) is 8. The molecule has 1 aromatic rings. The second kappa shape index (κ2) is 11.4. The van der Waals surface area contributed by atoms with Crippen LogP contribution in [0.1, 0.15) is 34.1 Å². The van der Waals surface area contributed by atoms with Gasteiger partial charge in [-0.3, -0.25) is 14.4 Å². The van der Waals surface area contributed by atoms with Crippen molar-refractivity contribution in [3.05, 3.63) is 12.1 Å². The Labute approximate surface area is 175 Å². The molecule has 0 saturated carbocycles. The van der Waals surface area contributed by atoms with E-state index >= 15 is 0 Å². The number of amides is 1. The third kappa shape index (κ3) is 8.21. The van der Waals surface area contributed by atoms with Crippen LogP contribution in [-0.2, 0) is 13.9 Å². The average Bonchev–Trinajstić information content (AvgIpc) is 3.03. The predicted molar refractivity (Wildman–Crippen MR) is 113 cm³/mol. The van der Waals surface area contributed by atoms with Crippen LogP contribution in [0.25, 0.3) is 0 Å². The maximum absolute atomic E-state index is 14.3. The fourth-order valence-electron chi connectivity index (χ4n) is 2.49. The van der Waals surface area contributed by atoms with Gasteiger partial charge in [0.25, 0.3) is 5.88 Å². The summed E-state index contributed by atoms with van der Waals surface area (Å²) in [4.78, 5) is 20.2. The maximum Gasteiger partial charge on any atom is 0.352 e. The summed E-state index contributed by atoms with van der Waals surface area (Å²) in [6, 6.07) is 0. The highest BCUT2D eigenvalue weighted by atomic mass is 32.7. The smallest absolute Gasteiger partial charge is 0.352 e. The Hall–Kier alpha value is -1.82. The van der Waals surface area contributed by atoms with Crippen LogP contribution in [0.2, 0.25) is 0 Å². The van der Waals surface area contributed by atoms with Gasteiger partial charge in [0.05, 0.1) is 0 Å². The van der Waals surface area contributed by atoms with Crippen LogP contribution in [-0.4, -0.2) is 48.9 Å². The molecule has 162 valence electrons. The van der Waals surface area contributed by atoms with Crippen LogP contribution in [0, 0.1) is 23.1 Å². The van der Waals surface area contributed by atoms with Gasteiger partial charge in [-0.1, -0.05) is 31.1 Å². The van der Waals surface area contributed by atoms with E-state index in [9.17, 15) is 13.8 Å². The minimum absolute atomic E-state index is 0.0301. The van der Waals surface area contributed by atoms with Gasteiger partial charge in [0.15, 0.2) is 12.4 Å². The first-order valence-corrected chi connectivity index (χ1v) is 12.3. The standard InChI is InChI=1S/C14H18FN3O.C4H10NO3PS/c1-4-5-8-19-13-11(15)12(16-10-17-13)18-7-6-14(2,3)9-18;1-4(6)5-9(7,8-2)10-3/h10H,6-9H2,1-3H3;1-3H3,(H,5,6,7). The second-order valence-electron chi connectivity index (χ2n) is 6.90. The molecule has 2 heterocycles. The Morgan fingerprint density at radius 1 is 1.48 bits per heavy atom. The molecule has 1 amide bonds. The lowest BCUT2D eigenvalue weighted by Crippen LogP contribution is -2.25. The normalized spacial score (nSPS) is 16.6. The topological polar surface area (TPSA) is 93.7 Å². The number of hydrogen-bond donors (Lipinski definition) is 1. The van der Waals surface area contributed by atoms with Crippen molar-refractivity contribution in [1.82, 2.24) is 15.1 Å². The van der Waals surface area contributed by atoms with Gasteiger partial charge in [-0.25, -0.2) is 4.98 Å². The molecule has 0 spiro atoms. The van der Waals surface area contributed by atoms with Gasteiger partial charge in [0.2, 0.25) is 11.7 Å². The van der Waals surface area contributed by atoms with Crippen LogP contribution >= 0.6 is 18.1 Å². The number of ether oxygens (including phenoxy) is 1. The summed E-state index contributed by atoms with van der Waals surface area (Å²) < 4.78 is 35.2. The summed E-state index contributed by atoms with van der Waals surface area (Å²) in [6.45, 7) is 6.14. The average molecular weight is 446 g/mol. The Bertz CT molecular complexity index is 805. The number of nitrogens with zero attached hydrogens (tertiary/aromatic N) is 3. The lowest BCUT2D eigenvalue weighted by atomic mass is 9.93. The molecule has 0 bridgehead atoms. The van der Waals surface area contributed by atoms with Gasteiger partial charge < -0.3 is 14.2 Å². The Kier molecular flexibility index (Phi) is 9.90. The first-order chi connectivity index (χ1) is 13.6. The summed E-state index contributed by atoms with van der Waals surface area (Å²) in [5.41, 5.74) is 0.187. The van der Waals surface area contributed by atoms with E-state index < -0.39 is 12.5 Å². The Morgan fingerprint density at radius 3 is 2.62 bits per heavy atom. The van der Waals surface area contributed by atoms with Crippen molar-refractivity contribution < 1.29 is 23.0 Å². The van der Waals surface area contributed by atoms with Gasteiger partial charge in [-0.2, -0.15) is 9.37 Å². The van der Waals surface area contributed by atoms with Crippen LogP contribution in [0.4, 0.5) is 10.2 Å². The molecule has 11 heteroatoms. The molecule has 0 radical (unpaired) electrons. The number of anilines is 1. The molecule has 1 aromatic heterocycles. The van der Waals surface area contributed by atoms with Gasteiger partial charge in [0, 0.05) is 27.1 Å². The van der Waals surface area contributed by atoms with Crippen molar-refractivity contribution in [2.45, 2.75) is 34.1 Å². The van der Waals surface area contributed by atoms with E-state index in [2.05, 4.69) is 45.3 Å². The summed E-state index contributed by atoms with van der Waals surface area (Å²) >= 11 is 1.00. The Balaban J connectivity index is 0.000000359. The van der Waals surface area contributed by atoms with Gasteiger partial charge in [-0.15, -0.1) is 5.92 Å². The third-order valence-corrected chi connectivity index (χ3v) is 7.66. The molecule has 1 N–H and O–H groups in total. The van der Waals surface area contributed by atoms with Crippen molar-refractivity contribution in [2.24, 2.45) is 5.41 Å². The summed E-state index contributed by atoms with van der Waals surface area (Å²) in [7, 11) is 1.30. The lowest BCUT2D eigenvalue weighted by molar-refractivity contribution is -0.117. The van der Waals surface area contributed by atoms with E-state index in [1.165, 1.54) is 20.4 Å². The van der Waals surface area contributed by atoms with Crippen LogP contribution in [0.15, 0.2) is 6.33 Å². The molecule has 29 heavy (non-hydrogen) atoms. The van der Waals surface area contributed by atoms with Crippen LogP contribution in [0.3, 0.4) is 0 Å². The molecule has 2 rings (SSSR count). The van der Waals surface area contributed by atoms with E-state index in [0.29, 0.717) is 5.82 Å². The number of aromatic nitrogens is 2. The number of carbonyl (C=O) groups is 1. The van der Waals surface area contributed by atoms with Crippen molar-refractivity contribution in [3.8, 4) is 17.7 Å². The zero-order valence-corrected chi connectivity index (χ0v) is 19.3. The number of rotatable bonds is 6. The van der Waals surface area contributed by atoms with Crippen LogP contribution in [0.5, 0.6) is 5.88 Å². The highest BCUT2D eigenvalue weighted by Gasteiger charge is 2.32. The highest BCUT2D eigenvalue weighted by molar-refractivity contribution is 8.55. The zero-order valence-electron chi connectivity index (χ0n) is 17.6.